The fourth-order valence-electron chi connectivity index (χ4n) is 1.97. The molecule has 2 aromatic heterocycles. The maximum atomic E-state index is 4.43. The molecular formula is C13H14N6S. The van der Waals surface area contributed by atoms with Gasteiger partial charge in [-0.05, 0) is 31.2 Å². The lowest BCUT2D eigenvalue weighted by atomic mass is 10.2. The maximum Gasteiger partial charge on any atom is 0.204 e. The molecule has 0 spiro atoms. The molecule has 0 unspecified atom stereocenters. The summed E-state index contributed by atoms with van der Waals surface area (Å²) in [5.74, 6) is 0.596. The van der Waals surface area contributed by atoms with Crippen molar-refractivity contribution >= 4 is 17.0 Å². The van der Waals surface area contributed by atoms with Crippen LogP contribution in [0.4, 0.5) is 5.69 Å². The number of nitrogens with zero attached hydrogens (tertiary/aromatic N) is 4. The number of anilines is 1. The van der Waals surface area contributed by atoms with Crippen molar-refractivity contribution < 1.29 is 0 Å². The number of aromatic nitrogens is 5. The van der Waals surface area contributed by atoms with Gasteiger partial charge >= 0.3 is 0 Å². The van der Waals surface area contributed by atoms with Crippen LogP contribution in [0.5, 0.6) is 0 Å². The lowest BCUT2D eigenvalue weighted by Gasteiger charge is -2.06. The highest BCUT2D eigenvalue weighted by atomic mass is 32.1. The van der Waals surface area contributed by atoms with Gasteiger partial charge in [0, 0.05) is 16.1 Å². The second-order valence-corrected chi connectivity index (χ2v) is 5.70. The topological polar surface area (TPSA) is 79.4 Å². The fourth-order valence-corrected chi connectivity index (χ4v) is 2.85. The summed E-state index contributed by atoms with van der Waals surface area (Å²) >= 11 is 1.72. The van der Waals surface area contributed by atoms with E-state index in [1.165, 1.54) is 4.88 Å². The van der Waals surface area contributed by atoms with Crippen LogP contribution in [0, 0.1) is 13.8 Å². The first-order valence-electron chi connectivity index (χ1n) is 6.23. The number of aromatic amines is 1. The van der Waals surface area contributed by atoms with Crippen molar-refractivity contribution in [2.24, 2.45) is 0 Å². The highest BCUT2D eigenvalue weighted by Gasteiger charge is 2.06. The molecule has 0 fully saturated rings. The molecule has 1 aromatic carbocycles. The molecule has 0 saturated carbocycles. The van der Waals surface area contributed by atoms with Gasteiger partial charge in [-0.2, -0.15) is 5.21 Å². The molecule has 3 aromatic rings. The third kappa shape index (κ3) is 2.67. The Morgan fingerprint density at radius 1 is 1.30 bits per heavy atom. The minimum absolute atomic E-state index is 0.596. The first kappa shape index (κ1) is 12.7. The zero-order chi connectivity index (χ0) is 13.9. The molecule has 0 aliphatic heterocycles. The van der Waals surface area contributed by atoms with Crippen molar-refractivity contribution in [2.45, 2.75) is 20.4 Å². The first-order chi connectivity index (χ1) is 9.72. The number of H-pyrrole nitrogens is 1. The molecule has 0 aliphatic rings. The predicted octanol–water partition coefficient (Wildman–Crippen LogP) is 2.55. The van der Waals surface area contributed by atoms with Crippen LogP contribution < -0.4 is 5.32 Å². The lowest BCUT2D eigenvalue weighted by molar-refractivity contribution is 0.881. The summed E-state index contributed by atoms with van der Waals surface area (Å²) in [6, 6.07) is 7.96. The average molecular weight is 286 g/mol. The predicted molar refractivity (Wildman–Crippen MR) is 78.5 cm³/mol. The number of thiazole rings is 1. The van der Waals surface area contributed by atoms with Gasteiger partial charge in [0.2, 0.25) is 5.82 Å². The maximum absolute atomic E-state index is 4.43. The van der Waals surface area contributed by atoms with Crippen molar-refractivity contribution in [1.82, 2.24) is 25.6 Å². The summed E-state index contributed by atoms with van der Waals surface area (Å²) in [4.78, 5) is 5.68. The van der Waals surface area contributed by atoms with Gasteiger partial charge in [0.25, 0.3) is 0 Å². The molecule has 20 heavy (non-hydrogen) atoms. The van der Waals surface area contributed by atoms with E-state index in [2.05, 4.69) is 30.9 Å². The summed E-state index contributed by atoms with van der Waals surface area (Å²) in [5, 5.41) is 18.5. The van der Waals surface area contributed by atoms with Crippen molar-refractivity contribution in [3.63, 3.8) is 0 Å². The van der Waals surface area contributed by atoms with Crippen LogP contribution in [0.3, 0.4) is 0 Å². The van der Waals surface area contributed by atoms with E-state index in [1.54, 1.807) is 11.3 Å². The molecular weight excluding hydrogens is 272 g/mol. The Hall–Kier alpha value is -2.28. The summed E-state index contributed by atoms with van der Waals surface area (Å²) in [5.41, 5.74) is 3.05. The zero-order valence-electron chi connectivity index (χ0n) is 11.2. The Morgan fingerprint density at radius 3 is 2.90 bits per heavy atom. The van der Waals surface area contributed by atoms with Gasteiger partial charge in [-0.25, -0.2) is 4.98 Å². The molecule has 6 nitrogen and oxygen atoms in total. The van der Waals surface area contributed by atoms with E-state index in [4.69, 9.17) is 0 Å². The quantitative estimate of drug-likeness (QED) is 0.770. The van der Waals surface area contributed by atoms with Gasteiger partial charge < -0.3 is 5.32 Å². The van der Waals surface area contributed by atoms with E-state index in [1.807, 2.05) is 38.1 Å². The second kappa shape index (κ2) is 5.38. The molecule has 2 heterocycles. The summed E-state index contributed by atoms with van der Waals surface area (Å²) < 4.78 is 0. The third-order valence-electron chi connectivity index (χ3n) is 2.92. The smallest absolute Gasteiger partial charge is 0.204 e. The number of hydrogen-bond donors (Lipinski definition) is 2. The van der Waals surface area contributed by atoms with Crippen molar-refractivity contribution in [3.8, 4) is 11.4 Å². The van der Waals surface area contributed by atoms with E-state index in [0.717, 1.165) is 28.5 Å². The molecule has 0 aliphatic carbocycles. The Balaban J connectivity index is 1.75. The lowest BCUT2D eigenvalue weighted by Crippen LogP contribution is -1.99. The van der Waals surface area contributed by atoms with E-state index >= 15 is 0 Å². The molecule has 0 amide bonds. The summed E-state index contributed by atoms with van der Waals surface area (Å²) in [6.07, 6.45) is 0. The van der Waals surface area contributed by atoms with Crippen LogP contribution in [0.25, 0.3) is 11.4 Å². The van der Waals surface area contributed by atoms with E-state index in [0.29, 0.717) is 5.82 Å². The molecule has 0 saturated heterocycles. The van der Waals surface area contributed by atoms with Gasteiger partial charge in [-0.3, -0.25) is 0 Å². The number of benzene rings is 1. The van der Waals surface area contributed by atoms with Crippen LogP contribution in [-0.2, 0) is 6.54 Å². The normalized spacial score (nSPS) is 10.7. The minimum Gasteiger partial charge on any atom is -0.380 e. The number of rotatable bonds is 4. The van der Waals surface area contributed by atoms with Gasteiger partial charge in [-0.15, -0.1) is 21.5 Å². The number of aryl methyl sites for hydroxylation is 2. The number of tetrazole rings is 1. The SMILES string of the molecule is Cc1nc(C)c(CNc2cccc(-c3nn[nH]n3)c2)s1. The Kier molecular flexibility index (Phi) is 3.42. The van der Waals surface area contributed by atoms with Crippen molar-refractivity contribution in [2.75, 3.05) is 5.32 Å². The minimum atomic E-state index is 0.596. The first-order valence-corrected chi connectivity index (χ1v) is 7.04. The molecule has 3 rings (SSSR count). The van der Waals surface area contributed by atoms with Crippen molar-refractivity contribution in [3.05, 3.63) is 39.8 Å². The van der Waals surface area contributed by atoms with E-state index in [9.17, 15) is 0 Å². The standard InChI is InChI=1S/C13H14N6S/c1-8-12(20-9(2)15-8)7-14-11-5-3-4-10(6-11)13-16-18-19-17-13/h3-6,14H,7H2,1-2H3,(H,16,17,18,19). The highest BCUT2D eigenvalue weighted by Crippen LogP contribution is 2.21. The Bertz CT molecular complexity index is 703. The van der Waals surface area contributed by atoms with Gasteiger partial charge in [0.15, 0.2) is 0 Å². The van der Waals surface area contributed by atoms with Gasteiger partial charge in [0.1, 0.15) is 0 Å². The second-order valence-electron chi connectivity index (χ2n) is 4.41. The molecule has 2 N–H and O–H groups in total. The Labute approximate surface area is 120 Å². The number of hydrogen-bond acceptors (Lipinski definition) is 6. The zero-order valence-corrected chi connectivity index (χ0v) is 12.0. The number of nitrogens with one attached hydrogen (secondary N) is 2. The molecule has 0 radical (unpaired) electrons. The molecule has 102 valence electrons. The largest absolute Gasteiger partial charge is 0.380 e. The van der Waals surface area contributed by atoms with Crippen LogP contribution >= 0.6 is 11.3 Å². The van der Waals surface area contributed by atoms with Crippen LogP contribution in [0.2, 0.25) is 0 Å². The van der Waals surface area contributed by atoms with E-state index < -0.39 is 0 Å². The van der Waals surface area contributed by atoms with Crippen LogP contribution in [0.1, 0.15) is 15.6 Å². The van der Waals surface area contributed by atoms with Crippen molar-refractivity contribution in [1.29, 1.82) is 0 Å². The monoisotopic (exact) mass is 286 g/mol. The molecule has 0 atom stereocenters. The van der Waals surface area contributed by atoms with Crippen LogP contribution in [-0.4, -0.2) is 25.6 Å². The highest BCUT2D eigenvalue weighted by molar-refractivity contribution is 7.11. The van der Waals surface area contributed by atoms with Gasteiger partial charge in [0.05, 0.1) is 17.2 Å². The average Bonchev–Trinajstić information content (AvgIpc) is 3.07. The Morgan fingerprint density at radius 2 is 2.20 bits per heavy atom. The fraction of sp³-hybridized carbons (Fsp3) is 0.231. The molecule has 7 heteroatoms. The third-order valence-corrected chi connectivity index (χ3v) is 3.99. The van der Waals surface area contributed by atoms with E-state index in [-0.39, 0.29) is 0 Å². The van der Waals surface area contributed by atoms with Crippen LogP contribution in [0.15, 0.2) is 24.3 Å². The van der Waals surface area contributed by atoms with Gasteiger partial charge in [-0.1, -0.05) is 12.1 Å². The summed E-state index contributed by atoms with van der Waals surface area (Å²) in [6.45, 7) is 4.83. The molecule has 0 bridgehead atoms. The summed E-state index contributed by atoms with van der Waals surface area (Å²) in [7, 11) is 0.